The number of nitrogens with zero attached hydrogens (tertiary/aromatic N) is 2. The van der Waals surface area contributed by atoms with Gasteiger partial charge in [0.15, 0.2) is 5.13 Å². The Balaban J connectivity index is 1.53. The monoisotopic (exact) mass is 336 g/mol. The van der Waals surface area contributed by atoms with Gasteiger partial charge in [-0.2, -0.15) is 0 Å². The number of carbonyl (C=O) groups excluding carboxylic acids is 2. The summed E-state index contributed by atoms with van der Waals surface area (Å²) in [6.45, 7) is 0. The molecule has 0 aliphatic heterocycles. The molecule has 0 aromatic carbocycles. The second-order valence-electron chi connectivity index (χ2n) is 4.99. The molecule has 0 spiro atoms. The van der Waals surface area contributed by atoms with E-state index in [4.69, 9.17) is 11.6 Å². The van der Waals surface area contributed by atoms with E-state index in [0.717, 1.165) is 12.8 Å². The first-order chi connectivity index (χ1) is 10.6. The highest BCUT2D eigenvalue weighted by atomic mass is 35.5. The van der Waals surface area contributed by atoms with Crippen molar-refractivity contribution >= 4 is 45.7 Å². The van der Waals surface area contributed by atoms with Crippen LogP contribution < -0.4 is 10.6 Å². The standard InChI is InChI=1S/C14H13ClN4O2S/c15-9-3-4-11(16-6-9)18-12(20)5-10-7-22-14(17-10)19-13(21)8-1-2-8/h3-4,6-8H,1-2,5H2,(H,16,18,20)(H,17,19,21). The van der Waals surface area contributed by atoms with E-state index in [2.05, 4.69) is 20.6 Å². The van der Waals surface area contributed by atoms with E-state index in [1.54, 1.807) is 17.5 Å². The van der Waals surface area contributed by atoms with Crippen LogP contribution >= 0.6 is 22.9 Å². The molecule has 1 saturated carbocycles. The normalized spacial score (nSPS) is 13.7. The number of amides is 2. The summed E-state index contributed by atoms with van der Waals surface area (Å²) in [5.74, 6) is 0.356. The van der Waals surface area contributed by atoms with Gasteiger partial charge in [-0.05, 0) is 25.0 Å². The number of rotatable bonds is 5. The van der Waals surface area contributed by atoms with Gasteiger partial charge >= 0.3 is 0 Å². The number of aromatic nitrogens is 2. The Morgan fingerprint density at radius 3 is 2.82 bits per heavy atom. The first kappa shape index (κ1) is 14.9. The fourth-order valence-electron chi connectivity index (χ4n) is 1.80. The summed E-state index contributed by atoms with van der Waals surface area (Å²) >= 11 is 7.05. The van der Waals surface area contributed by atoms with Crippen LogP contribution in [0.15, 0.2) is 23.7 Å². The second kappa shape index (κ2) is 6.41. The molecule has 0 radical (unpaired) electrons. The van der Waals surface area contributed by atoms with Crippen molar-refractivity contribution in [3.05, 3.63) is 34.4 Å². The second-order valence-corrected chi connectivity index (χ2v) is 6.29. The lowest BCUT2D eigenvalue weighted by molar-refractivity contribution is -0.117. The van der Waals surface area contributed by atoms with Crippen LogP contribution in [0, 0.1) is 5.92 Å². The quantitative estimate of drug-likeness (QED) is 0.879. The summed E-state index contributed by atoms with van der Waals surface area (Å²) < 4.78 is 0. The van der Waals surface area contributed by atoms with E-state index >= 15 is 0 Å². The minimum Gasteiger partial charge on any atom is -0.310 e. The number of anilines is 2. The van der Waals surface area contributed by atoms with Crippen molar-refractivity contribution in [2.45, 2.75) is 19.3 Å². The van der Waals surface area contributed by atoms with Gasteiger partial charge in [0.1, 0.15) is 5.82 Å². The molecular weight excluding hydrogens is 324 g/mol. The summed E-state index contributed by atoms with van der Waals surface area (Å²) in [6.07, 6.45) is 3.48. The molecule has 2 heterocycles. The highest BCUT2D eigenvalue weighted by molar-refractivity contribution is 7.13. The van der Waals surface area contributed by atoms with E-state index in [-0.39, 0.29) is 24.2 Å². The highest BCUT2D eigenvalue weighted by Crippen LogP contribution is 2.30. The fourth-order valence-corrected chi connectivity index (χ4v) is 2.62. The highest BCUT2D eigenvalue weighted by Gasteiger charge is 2.30. The summed E-state index contributed by atoms with van der Waals surface area (Å²) in [5, 5.41) is 8.23. The van der Waals surface area contributed by atoms with Crippen molar-refractivity contribution in [1.29, 1.82) is 0 Å². The molecule has 3 rings (SSSR count). The number of halogens is 1. The van der Waals surface area contributed by atoms with Crippen LogP contribution in [0.5, 0.6) is 0 Å². The zero-order chi connectivity index (χ0) is 15.5. The maximum Gasteiger partial charge on any atom is 0.231 e. The molecule has 1 fully saturated rings. The number of nitrogens with one attached hydrogen (secondary N) is 2. The lowest BCUT2D eigenvalue weighted by Crippen LogP contribution is -2.16. The van der Waals surface area contributed by atoms with Crippen LogP contribution in [0.1, 0.15) is 18.5 Å². The van der Waals surface area contributed by atoms with Gasteiger partial charge in [0.05, 0.1) is 17.1 Å². The van der Waals surface area contributed by atoms with Crippen molar-refractivity contribution in [3.63, 3.8) is 0 Å². The number of carbonyl (C=O) groups is 2. The molecule has 2 N–H and O–H groups in total. The van der Waals surface area contributed by atoms with Gasteiger partial charge in [0.25, 0.3) is 0 Å². The Bertz CT molecular complexity index is 697. The Morgan fingerprint density at radius 2 is 2.14 bits per heavy atom. The van der Waals surface area contributed by atoms with Gasteiger partial charge in [0, 0.05) is 17.5 Å². The van der Waals surface area contributed by atoms with E-state index in [1.807, 2.05) is 0 Å². The first-order valence-electron chi connectivity index (χ1n) is 6.77. The molecule has 2 aromatic heterocycles. The third-order valence-electron chi connectivity index (χ3n) is 3.07. The van der Waals surface area contributed by atoms with Crippen LogP contribution in [0.2, 0.25) is 5.02 Å². The van der Waals surface area contributed by atoms with Gasteiger partial charge in [0.2, 0.25) is 11.8 Å². The van der Waals surface area contributed by atoms with Crippen LogP contribution in [0.3, 0.4) is 0 Å². The van der Waals surface area contributed by atoms with E-state index in [0.29, 0.717) is 21.7 Å². The molecule has 8 heteroatoms. The van der Waals surface area contributed by atoms with Crippen molar-refractivity contribution in [3.8, 4) is 0 Å². The van der Waals surface area contributed by atoms with Crippen LogP contribution in [0.25, 0.3) is 0 Å². The molecule has 22 heavy (non-hydrogen) atoms. The summed E-state index contributed by atoms with van der Waals surface area (Å²) in [4.78, 5) is 31.8. The summed E-state index contributed by atoms with van der Waals surface area (Å²) in [7, 11) is 0. The van der Waals surface area contributed by atoms with Gasteiger partial charge in [-0.15, -0.1) is 11.3 Å². The molecule has 1 aliphatic rings. The first-order valence-corrected chi connectivity index (χ1v) is 8.02. The maximum absolute atomic E-state index is 11.9. The molecule has 0 atom stereocenters. The topological polar surface area (TPSA) is 84.0 Å². The lowest BCUT2D eigenvalue weighted by atomic mass is 10.3. The molecular formula is C14H13ClN4O2S. The largest absolute Gasteiger partial charge is 0.310 e. The van der Waals surface area contributed by atoms with Crippen molar-refractivity contribution in [2.75, 3.05) is 10.6 Å². The van der Waals surface area contributed by atoms with Gasteiger partial charge in [-0.1, -0.05) is 11.6 Å². The molecule has 6 nitrogen and oxygen atoms in total. The molecule has 2 amide bonds. The molecule has 0 unspecified atom stereocenters. The third kappa shape index (κ3) is 4.02. The Hall–Kier alpha value is -1.99. The van der Waals surface area contributed by atoms with Gasteiger partial charge in [-0.25, -0.2) is 9.97 Å². The van der Waals surface area contributed by atoms with E-state index in [1.165, 1.54) is 17.5 Å². The van der Waals surface area contributed by atoms with Gasteiger partial charge in [-0.3, -0.25) is 9.59 Å². The van der Waals surface area contributed by atoms with Gasteiger partial charge < -0.3 is 10.6 Å². The van der Waals surface area contributed by atoms with Crippen molar-refractivity contribution < 1.29 is 9.59 Å². The summed E-state index contributed by atoms with van der Waals surface area (Å²) in [6, 6.07) is 3.28. The fraction of sp³-hybridized carbons (Fsp3) is 0.286. The van der Waals surface area contributed by atoms with Crippen LogP contribution in [-0.4, -0.2) is 21.8 Å². The summed E-state index contributed by atoms with van der Waals surface area (Å²) in [5.41, 5.74) is 0.613. The number of hydrogen-bond acceptors (Lipinski definition) is 5. The Labute approximate surface area is 135 Å². The SMILES string of the molecule is O=C(Cc1csc(NC(=O)C2CC2)n1)Nc1ccc(Cl)cn1. The average molecular weight is 337 g/mol. The zero-order valence-electron chi connectivity index (χ0n) is 11.5. The zero-order valence-corrected chi connectivity index (χ0v) is 13.1. The van der Waals surface area contributed by atoms with E-state index in [9.17, 15) is 9.59 Å². The molecule has 1 aliphatic carbocycles. The third-order valence-corrected chi connectivity index (χ3v) is 4.10. The van der Waals surface area contributed by atoms with Crippen molar-refractivity contribution in [1.82, 2.24) is 9.97 Å². The molecule has 0 saturated heterocycles. The predicted octanol–water partition coefficient (Wildman–Crippen LogP) is 2.72. The average Bonchev–Trinajstić information content (AvgIpc) is 3.25. The maximum atomic E-state index is 11.9. The lowest BCUT2D eigenvalue weighted by Gasteiger charge is -2.02. The number of hydrogen-bond donors (Lipinski definition) is 2. The smallest absolute Gasteiger partial charge is 0.231 e. The molecule has 114 valence electrons. The minimum atomic E-state index is -0.222. The molecule has 0 bridgehead atoms. The Kier molecular flexibility index (Phi) is 4.35. The van der Waals surface area contributed by atoms with Crippen LogP contribution in [0.4, 0.5) is 10.9 Å². The van der Waals surface area contributed by atoms with E-state index < -0.39 is 0 Å². The van der Waals surface area contributed by atoms with Crippen LogP contribution in [-0.2, 0) is 16.0 Å². The number of thiazole rings is 1. The van der Waals surface area contributed by atoms with Crippen molar-refractivity contribution in [2.24, 2.45) is 5.92 Å². The minimum absolute atomic E-state index is 0.00992. The molecule has 2 aromatic rings. The predicted molar refractivity (Wildman–Crippen MR) is 85.0 cm³/mol. The number of pyridine rings is 1. The Morgan fingerprint density at radius 1 is 1.32 bits per heavy atom.